The van der Waals surface area contributed by atoms with E-state index in [1.54, 1.807) is 7.11 Å². The van der Waals surface area contributed by atoms with Gasteiger partial charge in [-0.1, -0.05) is 13.0 Å². The molecule has 5 heteroatoms. The van der Waals surface area contributed by atoms with Gasteiger partial charge in [-0.3, -0.25) is 9.69 Å². The third kappa shape index (κ3) is 6.04. The molecule has 0 bridgehead atoms. The standard InChI is InChI=1S/C23H41N3O2/c1-3-25-13-7-10-22(25)19-26(23(27)21-8-5-4-6-9-21)18-20-11-14-24(15-12-20)16-17-28-2/h8,20,22H,3-7,9-19H2,1-2H3/t22-/m1/s1. The maximum absolute atomic E-state index is 13.4. The van der Waals surface area contributed by atoms with E-state index < -0.39 is 0 Å². The molecule has 2 aliphatic heterocycles. The fourth-order valence-corrected chi connectivity index (χ4v) is 5.17. The Kier molecular flexibility index (Phi) is 8.81. The molecule has 1 atom stereocenters. The van der Waals surface area contributed by atoms with Crippen molar-refractivity contribution in [3.8, 4) is 0 Å². The van der Waals surface area contributed by atoms with E-state index >= 15 is 0 Å². The zero-order chi connectivity index (χ0) is 19.8. The SMILES string of the molecule is CCN1CCC[C@@H]1CN(CC1CCN(CCOC)CC1)C(=O)C1=CCCCC1. The van der Waals surface area contributed by atoms with Crippen LogP contribution in [0.2, 0.25) is 0 Å². The molecule has 0 saturated carbocycles. The maximum atomic E-state index is 13.4. The van der Waals surface area contributed by atoms with Gasteiger partial charge >= 0.3 is 0 Å². The molecule has 0 aromatic carbocycles. The molecular formula is C23H41N3O2. The van der Waals surface area contributed by atoms with E-state index in [-0.39, 0.29) is 0 Å². The summed E-state index contributed by atoms with van der Waals surface area (Å²) >= 11 is 0. The molecule has 1 amide bonds. The summed E-state index contributed by atoms with van der Waals surface area (Å²) < 4.78 is 5.22. The van der Waals surface area contributed by atoms with E-state index in [1.165, 1.54) is 45.1 Å². The summed E-state index contributed by atoms with van der Waals surface area (Å²) in [4.78, 5) is 20.7. The minimum atomic E-state index is 0.337. The quantitative estimate of drug-likeness (QED) is 0.605. The van der Waals surface area contributed by atoms with E-state index in [9.17, 15) is 4.79 Å². The summed E-state index contributed by atoms with van der Waals surface area (Å²) in [6, 6.07) is 0.555. The predicted molar refractivity (Wildman–Crippen MR) is 114 cm³/mol. The van der Waals surface area contributed by atoms with Gasteiger partial charge in [-0.25, -0.2) is 0 Å². The Morgan fingerprint density at radius 3 is 2.64 bits per heavy atom. The number of amides is 1. The number of hydrogen-bond acceptors (Lipinski definition) is 4. The second-order valence-electron chi connectivity index (χ2n) is 8.89. The molecule has 0 aromatic rings. The third-order valence-corrected chi connectivity index (χ3v) is 6.99. The minimum absolute atomic E-state index is 0.337. The van der Waals surface area contributed by atoms with Crippen LogP contribution in [0.4, 0.5) is 0 Å². The number of piperidine rings is 1. The van der Waals surface area contributed by atoms with Gasteiger partial charge < -0.3 is 14.5 Å². The molecule has 1 aliphatic carbocycles. The molecule has 0 radical (unpaired) electrons. The van der Waals surface area contributed by atoms with Crippen LogP contribution in [0.5, 0.6) is 0 Å². The number of hydrogen-bond donors (Lipinski definition) is 0. The minimum Gasteiger partial charge on any atom is -0.383 e. The molecule has 2 heterocycles. The van der Waals surface area contributed by atoms with Crippen LogP contribution < -0.4 is 0 Å². The molecule has 0 aromatic heterocycles. The van der Waals surface area contributed by atoms with E-state index in [4.69, 9.17) is 4.74 Å². The van der Waals surface area contributed by atoms with Crippen LogP contribution in [0.25, 0.3) is 0 Å². The lowest BCUT2D eigenvalue weighted by Crippen LogP contribution is -2.47. The summed E-state index contributed by atoms with van der Waals surface area (Å²) in [5.41, 5.74) is 1.09. The Morgan fingerprint density at radius 2 is 1.96 bits per heavy atom. The van der Waals surface area contributed by atoms with Crippen molar-refractivity contribution in [2.45, 2.75) is 64.3 Å². The molecule has 3 aliphatic rings. The molecule has 0 spiro atoms. The monoisotopic (exact) mass is 391 g/mol. The topological polar surface area (TPSA) is 36.0 Å². The first-order valence-electron chi connectivity index (χ1n) is 11.6. The summed E-state index contributed by atoms with van der Waals surface area (Å²) in [7, 11) is 1.78. The number of ether oxygens (including phenoxy) is 1. The number of likely N-dealkylation sites (tertiary alicyclic amines) is 2. The predicted octanol–water partition coefficient (Wildman–Crippen LogP) is 3.16. The average molecular weight is 392 g/mol. The Morgan fingerprint density at radius 1 is 1.14 bits per heavy atom. The van der Waals surface area contributed by atoms with Gasteiger partial charge in [0.15, 0.2) is 0 Å². The number of carbonyl (C=O) groups excluding carboxylic acids is 1. The second-order valence-corrected chi connectivity index (χ2v) is 8.89. The smallest absolute Gasteiger partial charge is 0.249 e. The van der Waals surface area contributed by atoms with Crippen LogP contribution in [0.3, 0.4) is 0 Å². The second kappa shape index (κ2) is 11.3. The lowest BCUT2D eigenvalue weighted by molar-refractivity contribution is -0.129. The van der Waals surface area contributed by atoms with Crippen molar-refractivity contribution in [3.05, 3.63) is 11.6 Å². The summed E-state index contributed by atoms with van der Waals surface area (Å²) in [5, 5.41) is 0. The van der Waals surface area contributed by atoms with E-state index in [0.29, 0.717) is 17.9 Å². The van der Waals surface area contributed by atoms with Crippen molar-refractivity contribution in [2.24, 2.45) is 5.92 Å². The van der Waals surface area contributed by atoms with Gasteiger partial charge in [0.25, 0.3) is 0 Å². The van der Waals surface area contributed by atoms with Crippen LogP contribution in [0.1, 0.15) is 58.3 Å². The summed E-state index contributed by atoms with van der Waals surface area (Å²) in [5.74, 6) is 0.980. The average Bonchev–Trinajstić information content (AvgIpc) is 3.20. The zero-order valence-electron chi connectivity index (χ0n) is 18.2. The summed E-state index contributed by atoms with van der Waals surface area (Å²) in [6.45, 7) is 10.6. The zero-order valence-corrected chi connectivity index (χ0v) is 18.2. The third-order valence-electron chi connectivity index (χ3n) is 6.99. The van der Waals surface area contributed by atoms with Crippen LogP contribution in [0.15, 0.2) is 11.6 Å². The highest BCUT2D eigenvalue weighted by atomic mass is 16.5. The molecular weight excluding hydrogens is 350 g/mol. The van der Waals surface area contributed by atoms with Crippen LogP contribution in [0, 0.1) is 5.92 Å². The number of nitrogens with zero attached hydrogens (tertiary/aromatic N) is 3. The highest BCUT2D eigenvalue weighted by molar-refractivity contribution is 5.93. The van der Waals surface area contributed by atoms with Crippen molar-refractivity contribution in [1.82, 2.24) is 14.7 Å². The number of methoxy groups -OCH3 is 1. The highest BCUT2D eigenvalue weighted by Crippen LogP contribution is 2.25. The van der Waals surface area contributed by atoms with Crippen molar-refractivity contribution < 1.29 is 9.53 Å². The molecule has 0 N–H and O–H groups in total. The molecule has 3 rings (SSSR count). The Balaban J connectivity index is 1.59. The fraction of sp³-hybridized carbons (Fsp3) is 0.870. The van der Waals surface area contributed by atoms with Crippen LogP contribution in [-0.4, -0.2) is 86.2 Å². The van der Waals surface area contributed by atoms with Crippen LogP contribution in [-0.2, 0) is 9.53 Å². The van der Waals surface area contributed by atoms with Gasteiger partial charge in [0.1, 0.15) is 0 Å². The maximum Gasteiger partial charge on any atom is 0.249 e. The number of allylic oxidation sites excluding steroid dienone is 1. The first-order chi connectivity index (χ1) is 13.7. The molecule has 28 heavy (non-hydrogen) atoms. The number of likely N-dealkylation sites (N-methyl/N-ethyl adjacent to an activating group) is 1. The van der Waals surface area contributed by atoms with Crippen molar-refractivity contribution >= 4 is 5.91 Å². The fourth-order valence-electron chi connectivity index (χ4n) is 5.17. The van der Waals surface area contributed by atoms with Crippen LogP contribution >= 0.6 is 0 Å². The van der Waals surface area contributed by atoms with Gasteiger partial charge in [-0.05, 0) is 83.5 Å². The Bertz CT molecular complexity index is 514. The van der Waals surface area contributed by atoms with Gasteiger partial charge in [0.05, 0.1) is 6.61 Å². The normalized spacial score (nSPS) is 25.1. The largest absolute Gasteiger partial charge is 0.383 e. The van der Waals surface area contributed by atoms with E-state index in [0.717, 1.165) is 64.3 Å². The molecule has 0 unspecified atom stereocenters. The molecule has 2 fully saturated rings. The Hall–Kier alpha value is -0.910. The van der Waals surface area contributed by atoms with Crippen molar-refractivity contribution in [3.63, 3.8) is 0 Å². The van der Waals surface area contributed by atoms with E-state index in [1.807, 2.05) is 0 Å². The molecule has 2 saturated heterocycles. The first kappa shape index (κ1) is 21.8. The highest BCUT2D eigenvalue weighted by Gasteiger charge is 2.30. The summed E-state index contributed by atoms with van der Waals surface area (Å²) in [6.07, 6.45) is 11.6. The number of carbonyl (C=O) groups is 1. The lowest BCUT2D eigenvalue weighted by Gasteiger charge is -2.37. The molecule has 160 valence electrons. The Labute approximate surface area is 172 Å². The number of rotatable bonds is 9. The molecule has 5 nitrogen and oxygen atoms in total. The van der Waals surface area contributed by atoms with Gasteiger partial charge in [-0.2, -0.15) is 0 Å². The first-order valence-corrected chi connectivity index (χ1v) is 11.6. The van der Waals surface area contributed by atoms with Crippen molar-refractivity contribution in [1.29, 1.82) is 0 Å². The van der Waals surface area contributed by atoms with Gasteiger partial charge in [0.2, 0.25) is 5.91 Å². The lowest BCUT2D eigenvalue weighted by atomic mass is 9.94. The van der Waals surface area contributed by atoms with Crippen molar-refractivity contribution in [2.75, 3.05) is 59.5 Å². The van der Waals surface area contributed by atoms with Gasteiger partial charge in [-0.15, -0.1) is 0 Å². The van der Waals surface area contributed by atoms with Gasteiger partial charge in [0, 0.05) is 38.4 Å². The van der Waals surface area contributed by atoms with E-state index in [2.05, 4.69) is 27.7 Å².